The normalized spacial score (nSPS) is 10.8. The molecule has 0 aliphatic rings. The maximum atomic E-state index is 12.8. The van der Waals surface area contributed by atoms with Crippen molar-refractivity contribution in [3.63, 3.8) is 0 Å². The molecule has 0 saturated carbocycles. The molecule has 146 valence electrons. The number of anilines is 1. The number of hydrogen-bond donors (Lipinski definition) is 1. The number of thiophene rings is 1. The fourth-order valence-electron chi connectivity index (χ4n) is 2.61. The lowest BCUT2D eigenvalue weighted by Gasteiger charge is -2.08. The van der Waals surface area contributed by atoms with E-state index >= 15 is 0 Å². The van der Waals surface area contributed by atoms with Crippen LogP contribution in [0.15, 0.2) is 40.8 Å². The third-order valence-corrected chi connectivity index (χ3v) is 5.05. The van der Waals surface area contributed by atoms with Gasteiger partial charge in [-0.25, -0.2) is 9.78 Å². The SMILES string of the molecule is CCCCOC(=O)c1csc2ncn(CC(=O)Nc3ccc(C)cc3)c(=O)c12. The zero-order chi connectivity index (χ0) is 20.1. The van der Waals surface area contributed by atoms with E-state index in [1.165, 1.54) is 22.2 Å². The van der Waals surface area contributed by atoms with Crippen molar-refractivity contribution in [1.82, 2.24) is 9.55 Å². The molecule has 1 amide bonds. The minimum Gasteiger partial charge on any atom is -0.462 e. The molecule has 7 nitrogen and oxygen atoms in total. The number of aromatic nitrogens is 2. The van der Waals surface area contributed by atoms with Gasteiger partial charge in [0, 0.05) is 11.1 Å². The largest absolute Gasteiger partial charge is 0.462 e. The van der Waals surface area contributed by atoms with Crippen molar-refractivity contribution in [2.75, 3.05) is 11.9 Å². The molecule has 2 aromatic heterocycles. The van der Waals surface area contributed by atoms with Crippen LogP contribution < -0.4 is 10.9 Å². The summed E-state index contributed by atoms with van der Waals surface area (Å²) in [6.45, 7) is 4.06. The third kappa shape index (κ3) is 4.45. The van der Waals surface area contributed by atoms with Crippen LogP contribution >= 0.6 is 11.3 Å². The molecule has 2 heterocycles. The van der Waals surface area contributed by atoms with Crippen molar-refractivity contribution in [2.45, 2.75) is 33.2 Å². The number of rotatable bonds is 7. The Bertz CT molecular complexity index is 1050. The Morgan fingerprint density at radius 1 is 1.25 bits per heavy atom. The summed E-state index contributed by atoms with van der Waals surface area (Å²) < 4.78 is 6.41. The number of esters is 1. The topological polar surface area (TPSA) is 90.3 Å². The van der Waals surface area contributed by atoms with E-state index in [9.17, 15) is 14.4 Å². The number of carbonyl (C=O) groups is 2. The van der Waals surface area contributed by atoms with Gasteiger partial charge in [-0.15, -0.1) is 11.3 Å². The number of nitrogens with zero attached hydrogens (tertiary/aromatic N) is 2. The summed E-state index contributed by atoms with van der Waals surface area (Å²) in [5.41, 5.74) is 1.49. The lowest BCUT2D eigenvalue weighted by molar-refractivity contribution is -0.116. The zero-order valence-electron chi connectivity index (χ0n) is 15.7. The molecule has 0 fully saturated rings. The van der Waals surface area contributed by atoms with Crippen LogP contribution in [0, 0.1) is 6.92 Å². The predicted molar refractivity (Wildman–Crippen MR) is 109 cm³/mol. The molecule has 0 saturated heterocycles. The molecular formula is C20H21N3O4S. The van der Waals surface area contributed by atoms with Gasteiger partial charge in [0.25, 0.3) is 5.56 Å². The van der Waals surface area contributed by atoms with Gasteiger partial charge in [-0.2, -0.15) is 0 Å². The summed E-state index contributed by atoms with van der Waals surface area (Å²) in [5, 5.41) is 4.51. The smallest absolute Gasteiger partial charge is 0.339 e. The standard InChI is InChI=1S/C20H21N3O4S/c1-3-4-9-27-20(26)15-11-28-18-17(15)19(25)23(12-21-18)10-16(24)22-14-7-5-13(2)6-8-14/h5-8,11-12H,3-4,9-10H2,1-2H3,(H,22,24). The van der Waals surface area contributed by atoms with Gasteiger partial charge in [0.05, 0.1) is 23.9 Å². The highest BCUT2D eigenvalue weighted by Crippen LogP contribution is 2.21. The average Bonchev–Trinajstić information content (AvgIpc) is 3.11. The molecule has 1 N–H and O–H groups in total. The Morgan fingerprint density at radius 3 is 2.71 bits per heavy atom. The molecule has 8 heteroatoms. The molecular weight excluding hydrogens is 378 g/mol. The molecule has 0 spiro atoms. The molecule has 0 bridgehead atoms. The van der Waals surface area contributed by atoms with Crippen LogP contribution in [-0.2, 0) is 16.1 Å². The van der Waals surface area contributed by atoms with E-state index in [2.05, 4.69) is 10.3 Å². The lowest BCUT2D eigenvalue weighted by atomic mass is 10.2. The minimum atomic E-state index is -0.541. The van der Waals surface area contributed by atoms with Crippen LogP contribution in [0.1, 0.15) is 35.7 Å². The fourth-order valence-corrected chi connectivity index (χ4v) is 3.48. The molecule has 0 radical (unpaired) electrons. The van der Waals surface area contributed by atoms with E-state index in [-0.39, 0.29) is 23.4 Å². The first-order valence-corrected chi connectivity index (χ1v) is 9.88. The van der Waals surface area contributed by atoms with Crippen molar-refractivity contribution in [1.29, 1.82) is 0 Å². The Hall–Kier alpha value is -3.00. The number of aryl methyl sites for hydroxylation is 1. The Kier molecular flexibility index (Phi) is 6.20. The summed E-state index contributed by atoms with van der Waals surface area (Å²) in [6, 6.07) is 7.36. The third-order valence-electron chi connectivity index (χ3n) is 4.16. The summed E-state index contributed by atoms with van der Waals surface area (Å²) in [5.74, 6) is -0.894. The predicted octanol–water partition coefficient (Wildman–Crippen LogP) is 3.36. The molecule has 0 unspecified atom stereocenters. The number of amides is 1. The quantitative estimate of drug-likeness (QED) is 0.486. The highest BCUT2D eigenvalue weighted by atomic mass is 32.1. The maximum absolute atomic E-state index is 12.8. The number of fused-ring (bicyclic) bond motifs is 1. The Morgan fingerprint density at radius 2 is 2.00 bits per heavy atom. The minimum absolute atomic E-state index is 0.192. The number of benzene rings is 1. The zero-order valence-corrected chi connectivity index (χ0v) is 16.5. The van der Waals surface area contributed by atoms with Crippen molar-refractivity contribution in [3.8, 4) is 0 Å². The number of unbranched alkanes of at least 4 members (excludes halogenated alkanes) is 1. The van der Waals surface area contributed by atoms with Crippen LogP contribution in [0.4, 0.5) is 5.69 Å². The second-order valence-electron chi connectivity index (χ2n) is 6.41. The van der Waals surface area contributed by atoms with Gasteiger partial charge in [-0.1, -0.05) is 31.0 Å². The fraction of sp³-hybridized carbons (Fsp3) is 0.300. The van der Waals surface area contributed by atoms with Crippen molar-refractivity contribution < 1.29 is 14.3 Å². The van der Waals surface area contributed by atoms with Gasteiger partial charge in [0.2, 0.25) is 5.91 Å². The van der Waals surface area contributed by atoms with Gasteiger partial charge >= 0.3 is 5.97 Å². The van der Waals surface area contributed by atoms with E-state index in [1.807, 2.05) is 26.0 Å². The van der Waals surface area contributed by atoms with Gasteiger partial charge in [0.15, 0.2) is 0 Å². The van der Waals surface area contributed by atoms with Gasteiger partial charge in [0.1, 0.15) is 11.4 Å². The van der Waals surface area contributed by atoms with Gasteiger partial charge in [-0.05, 0) is 25.5 Å². The van der Waals surface area contributed by atoms with E-state index in [4.69, 9.17) is 4.74 Å². The van der Waals surface area contributed by atoms with Crippen LogP contribution in [0.3, 0.4) is 0 Å². The first kappa shape index (κ1) is 19.8. The highest BCUT2D eigenvalue weighted by Gasteiger charge is 2.19. The van der Waals surface area contributed by atoms with Crippen molar-refractivity contribution in [2.24, 2.45) is 0 Å². The molecule has 28 heavy (non-hydrogen) atoms. The van der Waals surface area contributed by atoms with Gasteiger partial charge < -0.3 is 10.1 Å². The number of carbonyl (C=O) groups excluding carboxylic acids is 2. The number of hydrogen-bond acceptors (Lipinski definition) is 6. The Labute approximate surface area is 166 Å². The van der Waals surface area contributed by atoms with E-state index in [0.29, 0.717) is 17.1 Å². The molecule has 3 aromatic rings. The number of ether oxygens (including phenoxy) is 1. The Balaban J connectivity index is 1.80. The van der Waals surface area contributed by atoms with Crippen molar-refractivity contribution in [3.05, 3.63) is 57.5 Å². The van der Waals surface area contributed by atoms with Crippen LogP contribution in [0.2, 0.25) is 0 Å². The van der Waals surface area contributed by atoms with Crippen molar-refractivity contribution >= 4 is 39.1 Å². The summed E-state index contributed by atoms with van der Waals surface area (Å²) in [7, 11) is 0. The summed E-state index contributed by atoms with van der Waals surface area (Å²) in [6.07, 6.45) is 2.99. The molecule has 0 aliphatic carbocycles. The monoisotopic (exact) mass is 399 g/mol. The first-order chi connectivity index (χ1) is 13.5. The van der Waals surface area contributed by atoms with E-state index in [0.717, 1.165) is 18.4 Å². The lowest BCUT2D eigenvalue weighted by Crippen LogP contribution is -2.28. The maximum Gasteiger partial charge on any atom is 0.339 e. The second-order valence-corrected chi connectivity index (χ2v) is 7.27. The molecule has 3 rings (SSSR count). The second kappa shape index (κ2) is 8.79. The number of nitrogens with one attached hydrogen (secondary N) is 1. The van der Waals surface area contributed by atoms with Gasteiger partial charge in [-0.3, -0.25) is 14.2 Å². The summed E-state index contributed by atoms with van der Waals surface area (Å²) in [4.78, 5) is 42.1. The average molecular weight is 399 g/mol. The van der Waals surface area contributed by atoms with E-state index < -0.39 is 11.5 Å². The first-order valence-electron chi connectivity index (χ1n) is 9.00. The molecule has 0 atom stereocenters. The van der Waals surface area contributed by atoms with Crippen LogP contribution in [0.25, 0.3) is 10.2 Å². The highest BCUT2D eigenvalue weighted by molar-refractivity contribution is 7.17. The van der Waals surface area contributed by atoms with E-state index in [1.54, 1.807) is 17.5 Å². The molecule has 0 aliphatic heterocycles. The van der Waals surface area contributed by atoms with Crippen LogP contribution in [-0.4, -0.2) is 28.0 Å². The summed E-state index contributed by atoms with van der Waals surface area (Å²) >= 11 is 1.20. The van der Waals surface area contributed by atoms with Crippen LogP contribution in [0.5, 0.6) is 0 Å². The molecule has 1 aromatic carbocycles.